The Hall–Kier alpha value is -1.47. The van der Waals surface area contributed by atoms with E-state index in [-0.39, 0.29) is 31.0 Å². The minimum atomic E-state index is -0.732. The number of ether oxygens (including phenoxy) is 1. The molecule has 2 aromatic carbocycles. The van der Waals surface area contributed by atoms with Crippen molar-refractivity contribution in [3.63, 3.8) is 0 Å². The monoisotopic (exact) mass is 574 g/mol. The van der Waals surface area contributed by atoms with Crippen molar-refractivity contribution in [1.82, 2.24) is 10.2 Å². The summed E-state index contributed by atoms with van der Waals surface area (Å²) < 4.78 is 6.35. The van der Waals surface area contributed by atoms with Gasteiger partial charge in [-0.1, -0.05) is 60.1 Å². The van der Waals surface area contributed by atoms with E-state index >= 15 is 0 Å². The zero-order valence-corrected chi connectivity index (χ0v) is 22.1. The van der Waals surface area contributed by atoms with Crippen molar-refractivity contribution in [2.24, 2.45) is 0 Å². The number of halogens is 4. The minimum Gasteiger partial charge on any atom is -0.483 e. The van der Waals surface area contributed by atoms with Gasteiger partial charge in [-0.25, -0.2) is 0 Å². The van der Waals surface area contributed by atoms with Gasteiger partial charge in [-0.15, -0.1) is 0 Å². The van der Waals surface area contributed by atoms with Crippen molar-refractivity contribution >= 4 is 62.5 Å². The van der Waals surface area contributed by atoms with Crippen LogP contribution < -0.4 is 10.1 Å². The van der Waals surface area contributed by atoms with Crippen LogP contribution in [-0.4, -0.2) is 35.4 Å². The van der Waals surface area contributed by atoms with Gasteiger partial charge in [0, 0.05) is 33.2 Å². The summed E-state index contributed by atoms with van der Waals surface area (Å²) in [5.41, 5.74) is 0.583. The van der Waals surface area contributed by atoms with Gasteiger partial charge < -0.3 is 15.0 Å². The van der Waals surface area contributed by atoms with Crippen LogP contribution in [-0.2, 0) is 16.1 Å². The second-order valence-corrected chi connectivity index (χ2v) is 10.2. The van der Waals surface area contributed by atoms with E-state index in [1.807, 2.05) is 0 Å². The van der Waals surface area contributed by atoms with E-state index in [1.54, 1.807) is 43.3 Å². The van der Waals surface area contributed by atoms with E-state index in [0.29, 0.717) is 30.9 Å². The smallest absolute Gasteiger partial charge is 0.261 e. The lowest BCUT2D eigenvalue weighted by Gasteiger charge is -2.31. The average molecular weight is 577 g/mol. The van der Waals surface area contributed by atoms with E-state index < -0.39 is 6.04 Å². The molecule has 0 radical (unpaired) electrons. The van der Waals surface area contributed by atoms with Crippen molar-refractivity contribution in [2.45, 2.75) is 57.7 Å². The zero-order chi connectivity index (χ0) is 24.0. The van der Waals surface area contributed by atoms with Gasteiger partial charge in [0.05, 0.1) is 4.47 Å². The van der Waals surface area contributed by atoms with Gasteiger partial charge in [0.2, 0.25) is 5.91 Å². The number of hydrogen-bond donors (Lipinski definition) is 1. The average Bonchev–Trinajstić information content (AvgIpc) is 2.78. The highest BCUT2D eigenvalue weighted by molar-refractivity contribution is 9.10. The fourth-order valence-corrected chi connectivity index (χ4v) is 5.13. The highest BCUT2D eigenvalue weighted by Crippen LogP contribution is 2.29. The Balaban J connectivity index is 1.77. The maximum absolute atomic E-state index is 13.3. The summed E-state index contributed by atoms with van der Waals surface area (Å²) in [5.74, 6) is -0.0898. The van der Waals surface area contributed by atoms with Crippen molar-refractivity contribution in [1.29, 1.82) is 0 Å². The maximum Gasteiger partial charge on any atom is 0.261 e. The van der Waals surface area contributed by atoms with Crippen molar-refractivity contribution < 1.29 is 14.3 Å². The number of rotatable bonds is 8. The number of carbonyl (C=O) groups is 2. The van der Waals surface area contributed by atoms with Crippen LogP contribution in [0, 0.1) is 0 Å². The fourth-order valence-electron chi connectivity index (χ4n) is 3.82. The third-order valence-electron chi connectivity index (χ3n) is 5.75. The summed E-state index contributed by atoms with van der Waals surface area (Å²) in [6, 6.07) is 9.59. The Labute approximate surface area is 217 Å². The predicted octanol–water partition coefficient (Wildman–Crippen LogP) is 6.65. The van der Waals surface area contributed by atoms with E-state index in [9.17, 15) is 9.59 Å². The topological polar surface area (TPSA) is 58.6 Å². The maximum atomic E-state index is 13.3. The number of amides is 2. The molecule has 0 unspecified atom stereocenters. The number of nitrogens with one attached hydrogen (secondary N) is 1. The van der Waals surface area contributed by atoms with Crippen molar-refractivity contribution in [3.05, 3.63) is 61.5 Å². The number of hydrogen-bond acceptors (Lipinski definition) is 3. The quantitative estimate of drug-likeness (QED) is 0.383. The van der Waals surface area contributed by atoms with Gasteiger partial charge in [-0.05, 0) is 66.0 Å². The molecule has 0 spiro atoms. The Morgan fingerprint density at radius 2 is 1.79 bits per heavy atom. The molecule has 0 aromatic heterocycles. The molecule has 0 heterocycles. The molecule has 3 rings (SSSR count). The highest BCUT2D eigenvalue weighted by atomic mass is 79.9. The van der Waals surface area contributed by atoms with E-state index in [1.165, 1.54) is 11.3 Å². The Morgan fingerprint density at radius 1 is 1.12 bits per heavy atom. The van der Waals surface area contributed by atoms with Crippen LogP contribution in [0.3, 0.4) is 0 Å². The Morgan fingerprint density at radius 3 is 2.42 bits per heavy atom. The standard InChI is InChI=1S/C24H26BrCl3N2O3/c1-15(24(32)29-17-6-3-2-4-7-17)30(13-18-20(27)8-5-9-21(18)28)23(31)14-33-22-11-10-16(26)12-19(22)25/h5,8-12,15,17H,2-4,6-7,13-14H2,1H3,(H,29,32)/t15-/m0/s1. The van der Waals surface area contributed by atoms with Crippen LogP contribution in [0.1, 0.15) is 44.6 Å². The van der Waals surface area contributed by atoms with Gasteiger partial charge in [0.15, 0.2) is 6.61 Å². The largest absolute Gasteiger partial charge is 0.483 e. The molecule has 1 saturated carbocycles. The molecule has 9 heteroatoms. The van der Waals surface area contributed by atoms with Gasteiger partial charge in [0.1, 0.15) is 11.8 Å². The third-order valence-corrected chi connectivity index (χ3v) is 7.32. The number of carbonyl (C=O) groups excluding carboxylic acids is 2. The number of benzene rings is 2. The molecule has 1 N–H and O–H groups in total. The molecule has 5 nitrogen and oxygen atoms in total. The summed E-state index contributed by atoms with van der Waals surface area (Å²) >= 11 is 22.1. The Kier molecular flexibility index (Phi) is 9.74. The fraction of sp³-hybridized carbons (Fsp3) is 0.417. The molecule has 0 bridgehead atoms. The van der Waals surface area contributed by atoms with Gasteiger partial charge in [-0.2, -0.15) is 0 Å². The van der Waals surface area contributed by atoms with E-state index in [0.717, 1.165) is 25.7 Å². The van der Waals surface area contributed by atoms with Crippen LogP contribution in [0.2, 0.25) is 15.1 Å². The molecule has 2 amide bonds. The first kappa shape index (κ1) is 26.1. The lowest BCUT2D eigenvalue weighted by molar-refractivity contribution is -0.142. The SMILES string of the molecule is C[C@@H](C(=O)NC1CCCCC1)N(Cc1c(Cl)cccc1Cl)C(=O)COc1ccc(Cl)cc1Br. The Bertz CT molecular complexity index is 979. The number of nitrogens with zero attached hydrogens (tertiary/aromatic N) is 1. The predicted molar refractivity (Wildman–Crippen MR) is 136 cm³/mol. The molecular weight excluding hydrogens is 551 g/mol. The molecule has 1 aliphatic rings. The first-order valence-electron chi connectivity index (χ1n) is 10.9. The lowest BCUT2D eigenvalue weighted by atomic mass is 9.95. The lowest BCUT2D eigenvalue weighted by Crippen LogP contribution is -2.51. The first-order valence-corrected chi connectivity index (χ1v) is 12.8. The summed E-state index contributed by atoms with van der Waals surface area (Å²) in [6.07, 6.45) is 5.30. The second kappa shape index (κ2) is 12.3. The molecule has 2 aromatic rings. The summed E-state index contributed by atoms with van der Waals surface area (Å²) in [5, 5.41) is 4.51. The van der Waals surface area contributed by atoms with Crippen LogP contribution in [0.25, 0.3) is 0 Å². The molecule has 1 atom stereocenters. The van der Waals surface area contributed by atoms with E-state index in [4.69, 9.17) is 39.5 Å². The molecule has 178 valence electrons. The summed E-state index contributed by atoms with van der Waals surface area (Å²) in [6.45, 7) is 1.53. The van der Waals surface area contributed by atoms with Gasteiger partial charge in [-0.3, -0.25) is 9.59 Å². The van der Waals surface area contributed by atoms with Gasteiger partial charge >= 0.3 is 0 Å². The first-order chi connectivity index (χ1) is 15.8. The normalized spacial score (nSPS) is 15.1. The molecule has 0 saturated heterocycles. The van der Waals surface area contributed by atoms with Crippen LogP contribution in [0.4, 0.5) is 0 Å². The molecule has 33 heavy (non-hydrogen) atoms. The van der Waals surface area contributed by atoms with E-state index in [2.05, 4.69) is 21.2 Å². The van der Waals surface area contributed by atoms with Crippen molar-refractivity contribution in [3.8, 4) is 5.75 Å². The van der Waals surface area contributed by atoms with Crippen LogP contribution in [0.5, 0.6) is 5.75 Å². The molecular formula is C24H26BrCl3N2O3. The molecule has 0 aliphatic heterocycles. The third kappa shape index (κ3) is 7.25. The molecule has 1 aliphatic carbocycles. The zero-order valence-electron chi connectivity index (χ0n) is 18.3. The van der Waals surface area contributed by atoms with Gasteiger partial charge in [0.25, 0.3) is 5.91 Å². The minimum absolute atomic E-state index is 0.0851. The second-order valence-electron chi connectivity index (χ2n) is 8.10. The van der Waals surface area contributed by atoms with Crippen LogP contribution >= 0.6 is 50.7 Å². The van der Waals surface area contributed by atoms with Crippen LogP contribution in [0.15, 0.2) is 40.9 Å². The van der Waals surface area contributed by atoms with Crippen molar-refractivity contribution in [2.75, 3.05) is 6.61 Å². The molecule has 1 fully saturated rings. The summed E-state index contributed by atoms with van der Waals surface area (Å²) in [7, 11) is 0. The summed E-state index contributed by atoms with van der Waals surface area (Å²) in [4.78, 5) is 27.8. The highest BCUT2D eigenvalue weighted by Gasteiger charge is 2.29.